The quantitative estimate of drug-likeness (QED) is 0.246. The van der Waals surface area contributed by atoms with Crippen LogP contribution in [0, 0.1) is 11.8 Å². The maximum atomic E-state index is 13.7. The fourth-order valence-corrected chi connectivity index (χ4v) is 5.42. The molecule has 0 aliphatic carbocycles. The molecule has 13 heteroatoms. The molecular weight excluding hydrogens is 568 g/mol. The molecule has 2 saturated heterocycles. The standard InChI is InChI=1S/C31H46N6O7/c1-6-18(4)25-30(43)33-21(15-20-11-8-7-9-12-20)27(40)32-16-23(39)37-14-10-13-22(37)28(41)34-24(17(2)3)29(42)36-26(19(5)38)31(44)35-25/h7-9,11-12,17-19,21-22,24-26,38H,6,10,13-16H2,1-5H3,(H,32,40)(H,33,43)(H,34,41)(H,35,44)(H,36,42). The van der Waals surface area contributed by atoms with Gasteiger partial charge in [-0.25, -0.2) is 0 Å². The Morgan fingerprint density at radius 3 is 2.00 bits per heavy atom. The van der Waals surface area contributed by atoms with E-state index < -0.39 is 77.7 Å². The number of nitrogens with zero attached hydrogens (tertiary/aromatic N) is 1. The second-order valence-corrected chi connectivity index (χ2v) is 12.0. The summed E-state index contributed by atoms with van der Waals surface area (Å²) in [5.41, 5.74) is 0.762. The highest BCUT2D eigenvalue weighted by atomic mass is 16.3. The van der Waals surface area contributed by atoms with Gasteiger partial charge < -0.3 is 36.6 Å². The molecule has 6 amide bonds. The number of amides is 6. The summed E-state index contributed by atoms with van der Waals surface area (Å²) in [5, 5.41) is 23.7. The number of aliphatic hydroxyl groups excluding tert-OH is 1. The molecule has 0 radical (unpaired) electrons. The predicted molar refractivity (Wildman–Crippen MR) is 162 cm³/mol. The zero-order valence-corrected chi connectivity index (χ0v) is 26.1. The number of hydrogen-bond donors (Lipinski definition) is 6. The van der Waals surface area contributed by atoms with Crippen LogP contribution in [0.1, 0.15) is 59.4 Å². The SMILES string of the molecule is CCC(C)C1NC(=O)C(C(C)O)NC(=O)C(C(C)C)NC(=O)C2CCCN2C(=O)CNC(=O)C(Cc2ccccc2)NC1=O. The number of aliphatic hydroxyl groups is 1. The summed E-state index contributed by atoms with van der Waals surface area (Å²) in [6, 6.07) is 3.48. The molecule has 44 heavy (non-hydrogen) atoms. The monoisotopic (exact) mass is 614 g/mol. The molecule has 13 nitrogen and oxygen atoms in total. The lowest BCUT2D eigenvalue weighted by atomic mass is 9.96. The number of benzene rings is 1. The van der Waals surface area contributed by atoms with Gasteiger partial charge in [-0.05, 0) is 37.2 Å². The van der Waals surface area contributed by atoms with E-state index in [1.54, 1.807) is 45.0 Å². The maximum absolute atomic E-state index is 13.7. The normalized spacial score (nSPS) is 27.6. The van der Waals surface area contributed by atoms with Gasteiger partial charge in [0.1, 0.15) is 30.2 Å². The van der Waals surface area contributed by atoms with Gasteiger partial charge in [0.2, 0.25) is 35.4 Å². The highest BCUT2D eigenvalue weighted by Gasteiger charge is 2.39. The smallest absolute Gasteiger partial charge is 0.245 e. The highest BCUT2D eigenvalue weighted by molar-refractivity contribution is 5.98. The molecule has 3 rings (SSSR count). The summed E-state index contributed by atoms with van der Waals surface area (Å²) in [4.78, 5) is 81.8. The minimum Gasteiger partial charge on any atom is -0.391 e. The number of carbonyl (C=O) groups is 6. The van der Waals surface area contributed by atoms with Crippen LogP contribution < -0.4 is 26.6 Å². The summed E-state index contributed by atoms with van der Waals surface area (Å²) < 4.78 is 0. The fourth-order valence-electron chi connectivity index (χ4n) is 5.42. The molecule has 1 aromatic carbocycles. The van der Waals surface area contributed by atoms with Crippen molar-refractivity contribution in [2.45, 2.75) is 96.6 Å². The van der Waals surface area contributed by atoms with Gasteiger partial charge in [-0.3, -0.25) is 28.8 Å². The van der Waals surface area contributed by atoms with Crippen LogP contribution in [-0.2, 0) is 35.2 Å². The Morgan fingerprint density at radius 1 is 0.795 bits per heavy atom. The Bertz CT molecular complexity index is 1210. The molecule has 242 valence electrons. The zero-order chi connectivity index (χ0) is 32.6. The van der Waals surface area contributed by atoms with Gasteiger partial charge in [-0.15, -0.1) is 0 Å². The molecule has 7 unspecified atom stereocenters. The van der Waals surface area contributed by atoms with E-state index in [2.05, 4.69) is 26.6 Å². The lowest BCUT2D eigenvalue weighted by Gasteiger charge is -2.31. The number of carbonyl (C=O) groups excluding carboxylic acids is 6. The fraction of sp³-hybridized carbons (Fsp3) is 0.613. The van der Waals surface area contributed by atoms with Crippen molar-refractivity contribution in [1.29, 1.82) is 0 Å². The molecule has 2 heterocycles. The number of nitrogens with one attached hydrogen (secondary N) is 5. The molecule has 0 bridgehead atoms. The van der Waals surface area contributed by atoms with Crippen LogP contribution >= 0.6 is 0 Å². The van der Waals surface area contributed by atoms with Crippen molar-refractivity contribution in [3.8, 4) is 0 Å². The van der Waals surface area contributed by atoms with Gasteiger partial charge in [0, 0.05) is 13.0 Å². The number of rotatable bonds is 6. The molecule has 2 aliphatic heterocycles. The Morgan fingerprint density at radius 2 is 1.39 bits per heavy atom. The van der Waals surface area contributed by atoms with Crippen LogP contribution in [0.3, 0.4) is 0 Å². The summed E-state index contributed by atoms with van der Waals surface area (Å²) >= 11 is 0. The van der Waals surface area contributed by atoms with Crippen LogP contribution in [0.2, 0.25) is 0 Å². The highest BCUT2D eigenvalue weighted by Crippen LogP contribution is 2.19. The van der Waals surface area contributed by atoms with Crippen molar-refractivity contribution >= 4 is 35.4 Å². The van der Waals surface area contributed by atoms with Gasteiger partial charge in [0.25, 0.3) is 0 Å². The molecule has 0 spiro atoms. The molecule has 1 aromatic rings. The van der Waals surface area contributed by atoms with Crippen LogP contribution in [0.5, 0.6) is 0 Å². The minimum atomic E-state index is -1.44. The first-order chi connectivity index (χ1) is 20.8. The molecule has 0 saturated carbocycles. The van der Waals surface area contributed by atoms with E-state index >= 15 is 0 Å². The summed E-state index contributed by atoms with van der Waals surface area (Å²) in [7, 11) is 0. The van der Waals surface area contributed by atoms with Crippen LogP contribution in [0.25, 0.3) is 0 Å². The Hall–Kier alpha value is -4.00. The molecule has 6 N–H and O–H groups in total. The van der Waals surface area contributed by atoms with Crippen molar-refractivity contribution in [2.75, 3.05) is 13.1 Å². The summed E-state index contributed by atoms with van der Waals surface area (Å²) in [6.07, 6.45) is 0.205. The van der Waals surface area contributed by atoms with E-state index in [1.165, 1.54) is 11.8 Å². The van der Waals surface area contributed by atoms with Gasteiger partial charge >= 0.3 is 0 Å². The first kappa shape index (κ1) is 34.5. The van der Waals surface area contributed by atoms with Crippen molar-refractivity contribution in [3.63, 3.8) is 0 Å². The lowest BCUT2D eigenvalue weighted by Crippen LogP contribution is -2.63. The predicted octanol–water partition coefficient (Wildman–Crippen LogP) is -0.628. The minimum absolute atomic E-state index is 0.117. The first-order valence-electron chi connectivity index (χ1n) is 15.3. The van der Waals surface area contributed by atoms with Crippen LogP contribution in [-0.4, -0.2) is 94.9 Å². The molecule has 2 fully saturated rings. The van der Waals surface area contributed by atoms with Crippen molar-refractivity contribution in [3.05, 3.63) is 35.9 Å². The molecule has 2 aliphatic rings. The molecule has 7 atom stereocenters. The van der Waals surface area contributed by atoms with Crippen LogP contribution in [0.4, 0.5) is 0 Å². The number of fused-ring (bicyclic) bond motifs is 1. The maximum Gasteiger partial charge on any atom is 0.245 e. The van der Waals surface area contributed by atoms with E-state index in [1.807, 2.05) is 13.0 Å². The second-order valence-electron chi connectivity index (χ2n) is 12.0. The van der Waals surface area contributed by atoms with Crippen molar-refractivity contribution < 1.29 is 33.9 Å². The zero-order valence-electron chi connectivity index (χ0n) is 26.1. The molecular formula is C31H46N6O7. The van der Waals surface area contributed by atoms with Gasteiger partial charge in [0.05, 0.1) is 12.6 Å². The summed E-state index contributed by atoms with van der Waals surface area (Å²) in [6.45, 7) is 8.28. The average molecular weight is 615 g/mol. The Balaban J connectivity index is 2.00. The van der Waals surface area contributed by atoms with E-state index in [0.717, 1.165) is 5.56 Å². The molecule has 0 aromatic heterocycles. The summed E-state index contributed by atoms with van der Waals surface area (Å²) in [5.74, 6) is -4.47. The average Bonchev–Trinajstić information content (AvgIpc) is 3.49. The lowest BCUT2D eigenvalue weighted by molar-refractivity contribution is -0.141. The first-order valence-corrected chi connectivity index (χ1v) is 15.3. The second kappa shape index (κ2) is 15.6. The largest absolute Gasteiger partial charge is 0.391 e. The van der Waals surface area contributed by atoms with Gasteiger partial charge in [0.15, 0.2) is 0 Å². The topological polar surface area (TPSA) is 186 Å². The van der Waals surface area contributed by atoms with E-state index in [0.29, 0.717) is 25.8 Å². The van der Waals surface area contributed by atoms with Gasteiger partial charge in [-0.1, -0.05) is 64.4 Å². The number of hydrogen-bond acceptors (Lipinski definition) is 7. The Kier molecular flexibility index (Phi) is 12.3. The third-order valence-electron chi connectivity index (χ3n) is 8.31. The van der Waals surface area contributed by atoms with Crippen molar-refractivity contribution in [2.24, 2.45) is 11.8 Å². The Labute approximate surface area is 258 Å². The van der Waals surface area contributed by atoms with E-state index in [4.69, 9.17) is 0 Å². The van der Waals surface area contributed by atoms with E-state index in [9.17, 15) is 33.9 Å². The van der Waals surface area contributed by atoms with Crippen LogP contribution in [0.15, 0.2) is 30.3 Å². The third-order valence-corrected chi connectivity index (χ3v) is 8.31. The van der Waals surface area contributed by atoms with Crippen molar-refractivity contribution in [1.82, 2.24) is 31.5 Å². The third kappa shape index (κ3) is 8.77. The van der Waals surface area contributed by atoms with Gasteiger partial charge in [-0.2, -0.15) is 0 Å². The van der Waals surface area contributed by atoms with E-state index in [-0.39, 0.29) is 18.9 Å².